The molecule has 0 saturated carbocycles. The monoisotopic (exact) mass is 703 g/mol. The van der Waals surface area contributed by atoms with Crippen molar-refractivity contribution in [1.82, 2.24) is 24.8 Å². The number of nitrogens with one attached hydrogen (secondary N) is 1. The number of benzene rings is 2. The maximum atomic E-state index is 15.6. The van der Waals surface area contributed by atoms with Gasteiger partial charge in [0.15, 0.2) is 5.82 Å². The van der Waals surface area contributed by atoms with Crippen LogP contribution in [0, 0.1) is 5.82 Å². The molecule has 1 aliphatic heterocycles. The van der Waals surface area contributed by atoms with Crippen molar-refractivity contribution in [3.05, 3.63) is 70.2 Å². The lowest BCUT2D eigenvalue weighted by Crippen LogP contribution is -2.50. The van der Waals surface area contributed by atoms with Crippen LogP contribution in [-0.2, 0) is 10.4 Å². The van der Waals surface area contributed by atoms with Gasteiger partial charge in [-0.3, -0.25) is 0 Å². The van der Waals surface area contributed by atoms with Gasteiger partial charge in [0.05, 0.1) is 29.7 Å². The van der Waals surface area contributed by atoms with Crippen molar-refractivity contribution < 1.29 is 27.8 Å². The third-order valence-electron chi connectivity index (χ3n) is 9.04. The van der Waals surface area contributed by atoms with E-state index < -0.39 is 38.2 Å². The van der Waals surface area contributed by atoms with Gasteiger partial charge in [-0.15, -0.1) is 0 Å². The van der Waals surface area contributed by atoms with E-state index in [1.807, 2.05) is 4.57 Å². The SMILES string of the molecule is CC(C)(O)c1ncc(-c2cc3c(cc2F)nc2n3[C@@H](c3c(Br)cccc3OC(F)F)C[C@H]2NCC(=O)[Si](C)(C)C(C)(C)C)cn1. The molecule has 2 N–H and O–H groups in total. The lowest BCUT2D eigenvalue weighted by Gasteiger charge is -2.35. The number of carbonyl (C=O) groups excluding carboxylic acids is 1. The Labute approximate surface area is 269 Å². The fraction of sp³-hybridized carbons (Fsp3) is 0.438. The Bertz CT molecular complexity index is 1750. The smallest absolute Gasteiger partial charge is 0.387 e. The summed E-state index contributed by atoms with van der Waals surface area (Å²) in [6.07, 6.45) is 3.28. The molecular weight excluding hydrogens is 667 g/mol. The quantitative estimate of drug-likeness (QED) is 0.175. The van der Waals surface area contributed by atoms with E-state index in [0.29, 0.717) is 38.9 Å². The second-order valence-corrected chi connectivity index (χ2v) is 19.7. The third kappa shape index (κ3) is 6.32. The molecule has 0 fully saturated rings. The molecule has 0 spiro atoms. The number of aliphatic hydroxyl groups is 1. The van der Waals surface area contributed by atoms with Crippen LogP contribution in [0.1, 0.15) is 70.3 Å². The second-order valence-electron chi connectivity index (χ2n) is 13.5. The maximum absolute atomic E-state index is 15.6. The van der Waals surface area contributed by atoms with E-state index in [0.717, 1.165) is 0 Å². The number of nitrogens with zero attached hydrogens (tertiary/aromatic N) is 4. The zero-order chi connectivity index (χ0) is 33.1. The summed E-state index contributed by atoms with van der Waals surface area (Å²) in [5, 5.41) is 13.7. The number of fused-ring (bicyclic) bond motifs is 3. The predicted molar refractivity (Wildman–Crippen MR) is 172 cm³/mol. The van der Waals surface area contributed by atoms with Crippen molar-refractivity contribution in [2.24, 2.45) is 0 Å². The Hall–Kier alpha value is -3.13. The Morgan fingerprint density at radius 1 is 1.18 bits per heavy atom. The summed E-state index contributed by atoms with van der Waals surface area (Å²) < 4.78 is 50.0. The van der Waals surface area contributed by atoms with Gasteiger partial charge in [-0.05, 0) is 43.5 Å². The number of aromatic nitrogens is 4. The Morgan fingerprint density at radius 3 is 2.44 bits per heavy atom. The van der Waals surface area contributed by atoms with Crippen LogP contribution >= 0.6 is 15.9 Å². The summed E-state index contributed by atoms with van der Waals surface area (Å²) in [6.45, 7) is 10.5. The molecule has 0 unspecified atom stereocenters. The highest BCUT2D eigenvalue weighted by molar-refractivity contribution is 9.10. The number of halogens is 4. The van der Waals surface area contributed by atoms with Gasteiger partial charge in [-0.2, -0.15) is 8.78 Å². The van der Waals surface area contributed by atoms with Crippen LogP contribution in [0.5, 0.6) is 5.75 Å². The van der Waals surface area contributed by atoms with E-state index in [1.54, 1.807) is 32.0 Å². The summed E-state index contributed by atoms with van der Waals surface area (Å²) in [7, 11) is -2.31. The van der Waals surface area contributed by atoms with Crippen molar-refractivity contribution in [3.63, 3.8) is 0 Å². The Kier molecular flexibility index (Phi) is 8.79. The molecule has 2 aromatic carbocycles. The molecule has 3 heterocycles. The summed E-state index contributed by atoms with van der Waals surface area (Å²) in [5.41, 5.74) is 0.765. The number of imidazole rings is 1. The lowest BCUT2D eigenvalue weighted by atomic mass is 10.0. The first-order valence-electron chi connectivity index (χ1n) is 14.7. The average molecular weight is 705 g/mol. The summed E-state index contributed by atoms with van der Waals surface area (Å²) in [6, 6.07) is 6.85. The molecule has 0 saturated heterocycles. The van der Waals surface area contributed by atoms with Gasteiger partial charge in [-0.25, -0.2) is 19.3 Å². The predicted octanol–water partition coefficient (Wildman–Crippen LogP) is 7.46. The van der Waals surface area contributed by atoms with Gasteiger partial charge in [0.1, 0.15) is 36.5 Å². The maximum Gasteiger partial charge on any atom is 0.387 e. The Balaban J connectivity index is 1.63. The molecule has 240 valence electrons. The highest BCUT2D eigenvalue weighted by Gasteiger charge is 2.43. The lowest BCUT2D eigenvalue weighted by molar-refractivity contribution is -0.112. The summed E-state index contributed by atoms with van der Waals surface area (Å²) in [4.78, 5) is 26.7. The minimum absolute atomic E-state index is 0.00752. The first-order chi connectivity index (χ1) is 20.9. The molecule has 45 heavy (non-hydrogen) atoms. The van der Waals surface area contributed by atoms with E-state index >= 15 is 4.39 Å². The fourth-order valence-electron chi connectivity index (χ4n) is 5.46. The minimum atomic E-state index is -3.04. The molecule has 8 nitrogen and oxygen atoms in total. The molecule has 5 rings (SSSR count). The van der Waals surface area contributed by atoms with Crippen LogP contribution < -0.4 is 10.1 Å². The van der Waals surface area contributed by atoms with E-state index in [2.05, 4.69) is 65.1 Å². The second kappa shape index (κ2) is 11.9. The number of carbonyl (C=O) groups is 1. The molecule has 4 aromatic rings. The summed E-state index contributed by atoms with van der Waals surface area (Å²) >= 11 is 3.54. The van der Waals surface area contributed by atoms with E-state index in [-0.39, 0.29) is 34.1 Å². The summed E-state index contributed by atoms with van der Waals surface area (Å²) in [5.74, 6) is 0.213. The van der Waals surface area contributed by atoms with Crippen molar-refractivity contribution in [2.75, 3.05) is 6.54 Å². The topological polar surface area (TPSA) is 102 Å². The molecule has 0 aliphatic carbocycles. The number of hydrogen-bond donors (Lipinski definition) is 2. The van der Waals surface area contributed by atoms with Gasteiger partial charge < -0.3 is 24.5 Å². The first kappa shape index (κ1) is 33.2. The largest absolute Gasteiger partial charge is 0.434 e. The molecular formula is C32H37BrF3N5O3Si. The van der Waals surface area contributed by atoms with Gasteiger partial charge >= 0.3 is 6.61 Å². The first-order valence-corrected chi connectivity index (χ1v) is 18.5. The van der Waals surface area contributed by atoms with Gasteiger partial charge in [0.25, 0.3) is 0 Å². The molecule has 0 bridgehead atoms. The third-order valence-corrected chi connectivity index (χ3v) is 15.1. The van der Waals surface area contributed by atoms with Crippen LogP contribution in [0.15, 0.2) is 47.2 Å². The van der Waals surface area contributed by atoms with E-state index in [1.165, 1.54) is 24.5 Å². The molecule has 13 heteroatoms. The Morgan fingerprint density at radius 2 is 1.84 bits per heavy atom. The van der Waals surface area contributed by atoms with E-state index in [4.69, 9.17) is 9.72 Å². The van der Waals surface area contributed by atoms with Gasteiger partial charge in [0, 0.05) is 39.6 Å². The zero-order valence-corrected chi connectivity index (χ0v) is 28.8. The van der Waals surface area contributed by atoms with Crippen molar-refractivity contribution in [3.8, 4) is 16.9 Å². The van der Waals surface area contributed by atoms with Crippen molar-refractivity contribution in [1.29, 1.82) is 0 Å². The molecule has 2 aromatic heterocycles. The number of alkyl halides is 2. The van der Waals surface area contributed by atoms with Crippen LogP contribution in [-0.4, -0.2) is 51.3 Å². The van der Waals surface area contributed by atoms with Gasteiger partial charge in [-0.1, -0.05) is 55.9 Å². The number of rotatable bonds is 9. The fourth-order valence-corrected chi connectivity index (χ4v) is 7.46. The highest BCUT2D eigenvalue weighted by Crippen LogP contribution is 2.47. The van der Waals surface area contributed by atoms with Gasteiger partial charge in [0.2, 0.25) is 0 Å². The van der Waals surface area contributed by atoms with Crippen molar-refractivity contribution in [2.45, 2.75) is 83.5 Å². The van der Waals surface area contributed by atoms with Crippen LogP contribution in [0.3, 0.4) is 0 Å². The number of hydrogen-bond acceptors (Lipinski definition) is 7. The molecule has 2 atom stereocenters. The van der Waals surface area contributed by atoms with Crippen molar-refractivity contribution >= 4 is 40.4 Å². The van der Waals surface area contributed by atoms with E-state index in [9.17, 15) is 18.7 Å². The normalized spacial score (nSPS) is 17.3. The van der Waals surface area contributed by atoms with Crippen LogP contribution in [0.2, 0.25) is 18.1 Å². The standard InChI is InChI=1S/C32H37BrF3N5O3Si/c1-31(2,3)45(6,7)26(42)16-37-22-13-24(27-19(33)9-8-10-25(27)44-30(35)36)41-23-11-18(20(34)12-21(23)40-28(22)41)17-14-38-29(39-15-17)32(4,5)43/h8-12,14-15,22,24,30,37,43H,13,16H2,1-7H3/t22-,24-/m1/s1. The molecule has 1 aliphatic rings. The van der Waals surface area contributed by atoms with Crippen LogP contribution in [0.4, 0.5) is 13.2 Å². The van der Waals surface area contributed by atoms with Crippen LogP contribution in [0.25, 0.3) is 22.2 Å². The highest BCUT2D eigenvalue weighted by atomic mass is 79.9. The molecule has 0 amide bonds. The molecule has 0 radical (unpaired) electrons. The minimum Gasteiger partial charge on any atom is -0.434 e. The average Bonchev–Trinajstić information content (AvgIpc) is 3.46. The zero-order valence-electron chi connectivity index (χ0n) is 26.3. The number of ether oxygens (including phenoxy) is 1.